The zero-order chi connectivity index (χ0) is 11.8. The molecule has 0 N–H and O–H groups in total. The highest BCUT2D eigenvalue weighted by molar-refractivity contribution is 5.69. The molecule has 3 heterocycles. The van der Waals surface area contributed by atoms with Crippen LogP contribution in [0.1, 0.15) is 12.8 Å². The second-order valence-electron chi connectivity index (χ2n) is 4.32. The topological polar surface area (TPSA) is 61.9 Å². The highest BCUT2D eigenvalue weighted by Gasteiger charge is 2.20. The molecule has 2 aromatic rings. The Labute approximate surface area is 97.9 Å². The Morgan fingerprint density at radius 3 is 3.24 bits per heavy atom. The summed E-state index contributed by atoms with van der Waals surface area (Å²) in [6, 6.07) is 0. The highest BCUT2D eigenvalue weighted by atomic mass is 16.5. The van der Waals surface area contributed by atoms with E-state index in [0.717, 1.165) is 25.0 Å². The van der Waals surface area contributed by atoms with Gasteiger partial charge in [-0.25, -0.2) is 14.8 Å². The summed E-state index contributed by atoms with van der Waals surface area (Å²) in [4.78, 5) is 20.2. The average molecular weight is 234 g/mol. The lowest BCUT2D eigenvalue weighted by atomic mass is 10.2. The third kappa shape index (κ3) is 1.64. The minimum absolute atomic E-state index is 0.0593. The molecule has 1 atom stereocenters. The van der Waals surface area contributed by atoms with Gasteiger partial charge >= 0.3 is 5.69 Å². The van der Waals surface area contributed by atoms with Crippen LogP contribution in [0.25, 0.3) is 11.2 Å². The molecule has 17 heavy (non-hydrogen) atoms. The van der Waals surface area contributed by atoms with E-state index < -0.39 is 0 Å². The Bertz CT molecular complexity index is 595. The van der Waals surface area contributed by atoms with Crippen LogP contribution >= 0.6 is 0 Å². The first-order valence-electron chi connectivity index (χ1n) is 5.74. The molecule has 0 spiro atoms. The summed E-state index contributed by atoms with van der Waals surface area (Å²) in [6.07, 6.45) is 5.35. The van der Waals surface area contributed by atoms with Gasteiger partial charge in [-0.3, -0.25) is 9.13 Å². The second kappa shape index (κ2) is 3.96. The van der Waals surface area contributed by atoms with Gasteiger partial charge in [0.25, 0.3) is 0 Å². The predicted molar refractivity (Wildman–Crippen MR) is 61.7 cm³/mol. The number of nitrogens with zero attached hydrogens (tertiary/aromatic N) is 4. The molecule has 6 nitrogen and oxygen atoms in total. The van der Waals surface area contributed by atoms with E-state index in [1.165, 1.54) is 6.33 Å². The zero-order valence-corrected chi connectivity index (χ0v) is 9.67. The normalized spacial score (nSPS) is 20.2. The first-order valence-corrected chi connectivity index (χ1v) is 5.74. The van der Waals surface area contributed by atoms with Gasteiger partial charge in [-0.05, 0) is 12.8 Å². The summed E-state index contributed by atoms with van der Waals surface area (Å²) >= 11 is 0. The largest absolute Gasteiger partial charge is 0.376 e. The first-order chi connectivity index (χ1) is 8.27. The van der Waals surface area contributed by atoms with Crippen molar-refractivity contribution in [3.05, 3.63) is 23.0 Å². The van der Waals surface area contributed by atoms with Crippen LogP contribution in [0.2, 0.25) is 0 Å². The second-order valence-corrected chi connectivity index (χ2v) is 4.32. The molecule has 6 heteroatoms. The van der Waals surface area contributed by atoms with Crippen molar-refractivity contribution in [2.75, 3.05) is 6.61 Å². The van der Waals surface area contributed by atoms with Gasteiger partial charge < -0.3 is 4.74 Å². The monoisotopic (exact) mass is 234 g/mol. The molecule has 1 unspecified atom stereocenters. The number of aryl methyl sites for hydroxylation is 1. The smallest absolute Gasteiger partial charge is 0.330 e. The fraction of sp³-hybridized carbons (Fsp3) is 0.545. The van der Waals surface area contributed by atoms with Gasteiger partial charge in [-0.1, -0.05) is 0 Å². The van der Waals surface area contributed by atoms with Crippen molar-refractivity contribution in [3.8, 4) is 0 Å². The summed E-state index contributed by atoms with van der Waals surface area (Å²) in [5.41, 5.74) is 1.38. The zero-order valence-electron chi connectivity index (χ0n) is 9.67. The van der Waals surface area contributed by atoms with Crippen molar-refractivity contribution in [3.63, 3.8) is 0 Å². The number of fused-ring (bicyclic) bond motifs is 1. The van der Waals surface area contributed by atoms with Crippen LogP contribution in [-0.2, 0) is 18.3 Å². The molecule has 1 aliphatic heterocycles. The third-order valence-corrected chi connectivity index (χ3v) is 3.21. The molecule has 0 aliphatic carbocycles. The summed E-state index contributed by atoms with van der Waals surface area (Å²) in [7, 11) is 1.73. The fourth-order valence-electron chi connectivity index (χ4n) is 2.31. The van der Waals surface area contributed by atoms with Gasteiger partial charge in [0.15, 0.2) is 5.65 Å². The van der Waals surface area contributed by atoms with Crippen LogP contribution in [0.3, 0.4) is 0 Å². The van der Waals surface area contributed by atoms with Crippen LogP contribution < -0.4 is 5.69 Å². The number of ether oxygens (including phenoxy) is 1. The number of rotatable bonds is 2. The molecule has 1 aliphatic rings. The Kier molecular flexibility index (Phi) is 2.44. The summed E-state index contributed by atoms with van der Waals surface area (Å²) in [5.74, 6) is 0. The van der Waals surface area contributed by atoms with E-state index in [0.29, 0.717) is 12.2 Å². The van der Waals surface area contributed by atoms with E-state index >= 15 is 0 Å². The van der Waals surface area contributed by atoms with Crippen LogP contribution in [-0.4, -0.2) is 31.8 Å². The van der Waals surface area contributed by atoms with Crippen molar-refractivity contribution in [1.82, 2.24) is 19.1 Å². The van der Waals surface area contributed by atoms with E-state index in [2.05, 4.69) is 9.97 Å². The first kappa shape index (κ1) is 10.5. The van der Waals surface area contributed by atoms with Crippen molar-refractivity contribution < 1.29 is 4.74 Å². The Morgan fingerprint density at radius 2 is 2.47 bits per heavy atom. The molecular formula is C11H14N4O2. The summed E-state index contributed by atoms with van der Waals surface area (Å²) in [5, 5.41) is 0. The van der Waals surface area contributed by atoms with Gasteiger partial charge in [0, 0.05) is 13.7 Å². The van der Waals surface area contributed by atoms with E-state index in [-0.39, 0.29) is 11.8 Å². The van der Waals surface area contributed by atoms with Crippen LogP contribution in [0.15, 0.2) is 17.3 Å². The van der Waals surface area contributed by atoms with E-state index in [1.807, 2.05) is 0 Å². The lowest BCUT2D eigenvalue weighted by molar-refractivity contribution is 0.0970. The maximum Gasteiger partial charge on any atom is 0.330 e. The lowest BCUT2D eigenvalue weighted by Gasteiger charge is -2.09. The highest BCUT2D eigenvalue weighted by Crippen LogP contribution is 2.15. The Morgan fingerprint density at radius 1 is 1.59 bits per heavy atom. The number of hydrogen-bond donors (Lipinski definition) is 0. The van der Waals surface area contributed by atoms with Crippen LogP contribution in [0, 0.1) is 0 Å². The minimum atomic E-state index is -0.0593. The molecule has 3 rings (SSSR count). The molecule has 0 saturated carbocycles. The Hall–Kier alpha value is -1.69. The molecule has 0 aromatic carbocycles. The maximum atomic E-state index is 12.1. The predicted octanol–water partition coefficient (Wildman–Crippen LogP) is 0.309. The molecule has 90 valence electrons. The molecule has 1 saturated heterocycles. The molecule has 2 aromatic heterocycles. The molecule has 0 bridgehead atoms. The van der Waals surface area contributed by atoms with E-state index in [4.69, 9.17) is 4.74 Å². The van der Waals surface area contributed by atoms with Gasteiger partial charge in [-0.2, -0.15) is 0 Å². The summed E-state index contributed by atoms with van der Waals surface area (Å²) < 4.78 is 8.81. The number of aromatic nitrogens is 4. The maximum absolute atomic E-state index is 12.1. The van der Waals surface area contributed by atoms with Gasteiger partial charge in [0.1, 0.15) is 11.8 Å². The standard InChI is InChI=1S/C11H14N4O2/c1-14-10-9(5-12-7-13-10)15(11(14)16)6-8-3-2-4-17-8/h5,7-8H,2-4,6H2,1H3. The van der Waals surface area contributed by atoms with Crippen LogP contribution in [0.5, 0.6) is 0 Å². The average Bonchev–Trinajstić information content (AvgIpc) is 2.94. The number of imidazole rings is 1. The quantitative estimate of drug-likeness (QED) is 0.750. The minimum Gasteiger partial charge on any atom is -0.376 e. The molecule has 1 fully saturated rings. The van der Waals surface area contributed by atoms with Gasteiger partial charge in [-0.15, -0.1) is 0 Å². The van der Waals surface area contributed by atoms with Crippen molar-refractivity contribution in [2.24, 2.45) is 7.05 Å². The fourth-order valence-corrected chi connectivity index (χ4v) is 2.31. The molecular weight excluding hydrogens is 220 g/mol. The van der Waals surface area contributed by atoms with Crippen molar-refractivity contribution in [2.45, 2.75) is 25.5 Å². The van der Waals surface area contributed by atoms with Crippen LogP contribution in [0.4, 0.5) is 0 Å². The third-order valence-electron chi connectivity index (χ3n) is 3.21. The van der Waals surface area contributed by atoms with Gasteiger partial charge in [0.05, 0.1) is 18.8 Å². The SMILES string of the molecule is Cn1c(=O)n(CC2CCCO2)c2cncnc21. The van der Waals surface area contributed by atoms with Crippen molar-refractivity contribution in [1.29, 1.82) is 0 Å². The summed E-state index contributed by atoms with van der Waals surface area (Å²) in [6.45, 7) is 1.38. The number of hydrogen-bond acceptors (Lipinski definition) is 4. The van der Waals surface area contributed by atoms with Crippen molar-refractivity contribution >= 4 is 11.2 Å². The van der Waals surface area contributed by atoms with Gasteiger partial charge in [0.2, 0.25) is 0 Å². The lowest BCUT2D eigenvalue weighted by Crippen LogP contribution is -2.27. The molecule has 0 radical (unpaired) electrons. The van der Waals surface area contributed by atoms with E-state index in [9.17, 15) is 4.79 Å². The Balaban J connectivity index is 2.08. The van der Waals surface area contributed by atoms with E-state index in [1.54, 1.807) is 22.4 Å². The molecule has 0 amide bonds.